The number of carbonyl (C=O) groups is 2. The highest BCUT2D eigenvalue weighted by Crippen LogP contribution is 2.26. The first-order valence-corrected chi connectivity index (χ1v) is 8.05. The zero-order valence-electron chi connectivity index (χ0n) is 15.0. The smallest absolute Gasteiger partial charge is 0.336 e. The molecule has 0 aromatic heterocycles. The third kappa shape index (κ3) is 7.32. The normalized spacial score (nSPS) is 11.7. The lowest BCUT2D eigenvalue weighted by Crippen LogP contribution is -2.46. The molecule has 0 amide bonds. The van der Waals surface area contributed by atoms with Crippen molar-refractivity contribution in [3.8, 4) is 0 Å². The number of hydrogen-bond acceptors (Lipinski definition) is 6. The minimum absolute atomic E-state index is 0.190. The van der Waals surface area contributed by atoms with Crippen LogP contribution in [0.25, 0.3) is 0 Å². The Bertz CT molecular complexity index is 581. The summed E-state index contributed by atoms with van der Waals surface area (Å²) < 4.78 is 5.40. The van der Waals surface area contributed by atoms with Gasteiger partial charge in [-0.15, -0.1) is 13.2 Å². The van der Waals surface area contributed by atoms with Crippen LogP contribution in [0.3, 0.4) is 0 Å². The van der Waals surface area contributed by atoms with E-state index < -0.39 is 23.5 Å². The van der Waals surface area contributed by atoms with Gasteiger partial charge in [-0.3, -0.25) is 0 Å². The summed E-state index contributed by atoms with van der Waals surface area (Å²) >= 11 is 0. The Kier molecular flexibility index (Phi) is 11.6. The molecule has 0 aliphatic heterocycles. The van der Waals surface area contributed by atoms with Crippen LogP contribution in [-0.4, -0.2) is 70.0 Å². The highest BCUT2D eigenvalue weighted by atomic mass is 16.5. The molecule has 8 heteroatoms. The predicted molar refractivity (Wildman–Crippen MR) is 98.8 cm³/mol. The SMILES string of the molecule is C=CCOC(CC=C)C(CO)(CO)CO.O=C(O)c1ccccc1C(=O)O. The van der Waals surface area contributed by atoms with Crippen molar-refractivity contribution in [1.29, 1.82) is 0 Å². The molecule has 0 fully saturated rings. The molecule has 0 radical (unpaired) electrons. The average Bonchev–Trinajstić information content (AvgIpc) is 2.68. The molecule has 0 saturated heterocycles. The maximum absolute atomic E-state index is 10.5. The number of aliphatic hydroxyl groups is 3. The Labute approximate surface area is 157 Å². The topological polar surface area (TPSA) is 145 Å². The second kappa shape index (κ2) is 12.8. The lowest BCUT2D eigenvalue weighted by Gasteiger charge is -2.35. The molecule has 27 heavy (non-hydrogen) atoms. The van der Waals surface area contributed by atoms with E-state index in [0.29, 0.717) is 13.0 Å². The molecule has 1 atom stereocenters. The molecule has 8 nitrogen and oxygen atoms in total. The zero-order chi connectivity index (χ0) is 20.9. The van der Waals surface area contributed by atoms with Crippen LogP contribution < -0.4 is 0 Å². The van der Waals surface area contributed by atoms with Crippen LogP contribution in [0.2, 0.25) is 0 Å². The van der Waals surface area contributed by atoms with Gasteiger partial charge in [-0.1, -0.05) is 24.3 Å². The van der Waals surface area contributed by atoms with Crippen LogP contribution in [0.4, 0.5) is 0 Å². The standard InChI is InChI=1S/C11H20O4.C8H6O4/c1-3-5-10(15-6-4-2)11(7-12,8-13)9-14;9-7(10)5-3-1-2-4-6(5)8(11)12/h3-4,10,12-14H,1-2,5-9H2;1-4H,(H,9,10)(H,11,12). The van der Waals surface area contributed by atoms with Crippen molar-refractivity contribution >= 4 is 11.9 Å². The van der Waals surface area contributed by atoms with Gasteiger partial charge in [0.05, 0.1) is 49.1 Å². The second-order valence-corrected chi connectivity index (χ2v) is 5.63. The number of hydrogen-bond donors (Lipinski definition) is 5. The summed E-state index contributed by atoms with van der Waals surface area (Å²) in [7, 11) is 0. The van der Waals surface area contributed by atoms with Gasteiger partial charge < -0.3 is 30.3 Å². The van der Waals surface area contributed by atoms with Gasteiger partial charge in [0.2, 0.25) is 0 Å². The number of carboxylic acid groups (broad SMARTS) is 2. The van der Waals surface area contributed by atoms with E-state index in [0.717, 1.165) is 0 Å². The average molecular weight is 382 g/mol. The van der Waals surface area contributed by atoms with Crippen molar-refractivity contribution in [3.63, 3.8) is 0 Å². The van der Waals surface area contributed by atoms with Crippen molar-refractivity contribution in [2.24, 2.45) is 5.41 Å². The number of aromatic carboxylic acids is 2. The lowest BCUT2D eigenvalue weighted by molar-refractivity contribution is -0.106. The van der Waals surface area contributed by atoms with E-state index >= 15 is 0 Å². The van der Waals surface area contributed by atoms with Gasteiger partial charge in [0, 0.05) is 0 Å². The summed E-state index contributed by atoms with van der Waals surface area (Å²) in [5.41, 5.74) is -1.41. The fraction of sp³-hybridized carbons (Fsp3) is 0.368. The van der Waals surface area contributed by atoms with E-state index in [1.807, 2.05) is 0 Å². The number of aliphatic hydroxyl groups excluding tert-OH is 3. The Hall–Kier alpha value is -2.52. The minimum atomic E-state index is -1.23. The zero-order valence-corrected chi connectivity index (χ0v) is 15.0. The summed E-state index contributed by atoms with van der Waals surface area (Å²) in [6, 6.07) is 5.48. The van der Waals surface area contributed by atoms with Gasteiger partial charge in [-0.2, -0.15) is 0 Å². The predicted octanol–water partition coefficient (Wildman–Crippen LogP) is 1.18. The van der Waals surface area contributed by atoms with Crippen LogP contribution in [0.15, 0.2) is 49.6 Å². The van der Waals surface area contributed by atoms with Gasteiger partial charge in [0.15, 0.2) is 0 Å². The van der Waals surface area contributed by atoms with E-state index in [-0.39, 0.29) is 30.9 Å². The van der Waals surface area contributed by atoms with Crippen molar-refractivity contribution in [2.75, 3.05) is 26.4 Å². The van der Waals surface area contributed by atoms with Crippen LogP contribution in [0.5, 0.6) is 0 Å². The molecule has 0 bridgehead atoms. The quantitative estimate of drug-likeness (QED) is 0.359. The van der Waals surface area contributed by atoms with Crippen molar-refractivity contribution in [3.05, 3.63) is 60.7 Å². The first-order valence-electron chi connectivity index (χ1n) is 8.05. The lowest BCUT2D eigenvalue weighted by atomic mass is 9.82. The van der Waals surface area contributed by atoms with Gasteiger partial charge in [-0.25, -0.2) is 9.59 Å². The number of ether oxygens (including phenoxy) is 1. The molecule has 1 rings (SSSR count). The summed E-state index contributed by atoms with van der Waals surface area (Å²) in [4.78, 5) is 20.9. The maximum Gasteiger partial charge on any atom is 0.336 e. The second-order valence-electron chi connectivity index (χ2n) is 5.63. The monoisotopic (exact) mass is 382 g/mol. The molecule has 0 spiro atoms. The Morgan fingerprint density at radius 1 is 0.963 bits per heavy atom. The Balaban J connectivity index is 0.000000511. The highest BCUT2D eigenvalue weighted by Gasteiger charge is 2.37. The van der Waals surface area contributed by atoms with E-state index in [2.05, 4.69) is 13.2 Å². The van der Waals surface area contributed by atoms with Crippen LogP contribution in [0, 0.1) is 5.41 Å². The molecule has 150 valence electrons. The van der Waals surface area contributed by atoms with Gasteiger partial charge >= 0.3 is 11.9 Å². The fourth-order valence-corrected chi connectivity index (χ4v) is 2.14. The molecule has 5 N–H and O–H groups in total. The van der Waals surface area contributed by atoms with Crippen molar-refractivity contribution < 1.29 is 39.9 Å². The molecule has 0 heterocycles. The number of carboxylic acids is 2. The molecular formula is C19H26O8. The van der Waals surface area contributed by atoms with E-state index in [9.17, 15) is 24.9 Å². The van der Waals surface area contributed by atoms with Crippen LogP contribution in [0.1, 0.15) is 27.1 Å². The van der Waals surface area contributed by atoms with Crippen molar-refractivity contribution in [2.45, 2.75) is 12.5 Å². The molecule has 1 aromatic rings. The molecule has 0 aliphatic carbocycles. The Morgan fingerprint density at radius 2 is 1.41 bits per heavy atom. The first kappa shape index (κ1) is 24.5. The van der Waals surface area contributed by atoms with Gasteiger partial charge in [0.25, 0.3) is 0 Å². The molecule has 1 unspecified atom stereocenters. The third-order valence-electron chi connectivity index (χ3n) is 3.81. The molecule has 0 aliphatic rings. The molecule has 1 aromatic carbocycles. The Morgan fingerprint density at radius 3 is 1.70 bits per heavy atom. The van der Waals surface area contributed by atoms with E-state index in [4.69, 9.17) is 14.9 Å². The molecule has 0 saturated carbocycles. The summed E-state index contributed by atoms with van der Waals surface area (Å²) in [5.74, 6) is -2.46. The number of benzene rings is 1. The summed E-state index contributed by atoms with van der Waals surface area (Å²) in [6.07, 6.45) is 3.19. The highest BCUT2D eigenvalue weighted by molar-refractivity contribution is 6.01. The first-order chi connectivity index (χ1) is 12.8. The fourth-order valence-electron chi connectivity index (χ4n) is 2.14. The van der Waals surface area contributed by atoms with E-state index in [1.165, 1.54) is 24.3 Å². The van der Waals surface area contributed by atoms with Gasteiger partial charge in [-0.05, 0) is 18.6 Å². The van der Waals surface area contributed by atoms with E-state index in [1.54, 1.807) is 12.2 Å². The van der Waals surface area contributed by atoms with Gasteiger partial charge in [0.1, 0.15) is 0 Å². The largest absolute Gasteiger partial charge is 0.478 e. The summed E-state index contributed by atoms with van der Waals surface area (Å²) in [5, 5.41) is 44.7. The van der Waals surface area contributed by atoms with Crippen LogP contribution >= 0.6 is 0 Å². The molecular weight excluding hydrogens is 356 g/mol. The number of rotatable bonds is 11. The van der Waals surface area contributed by atoms with Crippen molar-refractivity contribution in [1.82, 2.24) is 0 Å². The third-order valence-corrected chi connectivity index (χ3v) is 3.81. The summed E-state index contributed by atoms with van der Waals surface area (Å²) in [6.45, 7) is 6.38. The van der Waals surface area contributed by atoms with Crippen LogP contribution in [-0.2, 0) is 4.74 Å². The minimum Gasteiger partial charge on any atom is -0.478 e. The maximum atomic E-state index is 10.5.